The third-order valence-corrected chi connectivity index (χ3v) is 4.00. The molecule has 0 aliphatic carbocycles. The fourth-order valence-electron chi connectivity index (χ4n) is 2.09. The maximum absolute atomic E-state index is 12.0. The number of rotatable bonds is 5. The van der Waals surface area contributed by atoms with Crippen LogP contribution in [0.3, 0.4) is 0 Å². The first-order valence-electron chi connectivity index (χ1n) is 7.10. The Bertz CT molecular complexity index is 795. The molecule has 1 amide bonds. The van der Waals surface area contributed by atoms with Crippen LogP contribution in [-0.2, 0) is 0 Å². The minimum atomic E-state index is -0.366. The lowest BCUT2D eigenvalue weighted by atomic mass is 10.1. The zero-order valence-electron chi connectivity index (χ0n) is 12.7. The third-order valence-electron chi connectivity index (χ3n) is 3.12. The molecule has 0 aliphatic rings. The van der Waals surface area contributed by atoms with E-state index in [2.05, 4.69) is 15.5 Å². The van der Waals surface area contributed by atoms with E-state index in [1.54, 1.807) is 0 Å². The summed E-state index contributed by atoms with van der Waals surface area (Å²) in [6.45, 7) is 4.54. The number of anilines is 1. The van der Waals surface area contributed by atoms with Crippen LogP contribution in [0.1, 0.15) is 22.4 Å². The zero-order valence-corrected chi connectivity index (χ0v) is 13.5. The summed E-state index contributed by atoms with van der Waals surface area (Å²) >= 11 is 1.41. The first-order valence-corrected chi connectivity index (χ1v) is 7.91. The number of ether oxygens (including phenoxy) is 1. The van der Waals surface area contributed by atoms with Crippen molar-refractivity contribution in [1.82, 2.24) is 10.1 Å². The molecule has 2 aromatic heterocycles. The maximum atomic E-state index is 12.0. The number of carbonyl (C=O) groups is 1. The molecule has 23 heavy (non-hydrogen) atoms. The number of benzene rings is 1. The Morgan fingerprint density at radius 1 is 1.30 bits per heavy atom. The number of aromatic nitrogens is 2. The van der Waals surface area contributed by atoms with Crippen molar-refractivity contribution in [3.05, 3.63) is 47.2 Å². The van der Waals surface area contributed by atoms with Crippen molar-refractivity contribution in [2.24, 2.45) is 0 Å². The van der Waals surface area contributed by atoms with Crippen LogP contribution < -0.4 is 10.1 Å². The molecule has 0 atom stereocenters. The topological polar surface area (TPSA) is 77.2 Å². The maximum Gasteiger partial charge on any atom is 0.296 e. The van der Waals surface area contributed by atoms with Gasteiger partial charge in [0.2, 0.25) is 5.76 Å². The molecule has 0 saturated heterocycles. The lowest BCUT2D eigenvalue weighted by Gasteiger charge is -2.04. The molecular weight excluding hydrogens is 314 g/mol. The molecule has 7 heteroatoms. The minimum Gasteiger partial charge on any atom is -0.494 e. The standard InChI is InChI=1S/C16H15N3O3S/c1-3-21-12-6-4-11(5-7-12)14-10(2)23-16(18-14)19-15(20)13-8-9-17-22-13/h4-9H,3H2,1-2H3,(H,18,19,20). The molecule has 3 aromatic rings. The first kappa shape index (κ1) is 15.2. The molecular formula is C16H15N3O3S. The summed E-state index contributed by atoms with van der Waals surface area (Å²) in [4.78, 5) is 17.5. The van der Waals surface area contributed by atoms with Gasteiger partial charge in [-0.25, -0.2) is 4.98 Å². The van der Waals surface area contributed by atoms with Gasteiger partial charge in [-0.3, -0.25) is 10.1 Å². The van der Waals surface area contributed by atoms with E-state index in [9.17, 15) is 4.79 Å². The number of hydrogen-bond acceptors (Lipinski definition) is 6. The van der Waals surface area contributed by atoms with Gasteiger partial charge in [0.1, 0.15) is 5.75 Å². The van der Waals surface area contributed by atoms with Gasteiger partial charge in [-0.2, -0.15) is 0 Å². The Labute approximate surface area is 137 Å². The quantitative estimate of drug-likeness (QED) is 0.771. The average molecular weight is 329 g/mol. The molecule has 0 aliphatic heterocycles. The largest absolute Gasteiger partial charge is 0.494 e. The lowest BCUT2D eigenvalue weighted by molar-refractivity contribution is 0.0988. The number of carbonyl (C=O) groups excluding carboxylic acids is 1. The summed E-state index contributed by atoms with van der Waals surface area (Å²) in [6.07, 6.45) is 1.42. The zero-order chi connectivity index (χ0) is 16.2. The van der Waals surface area contributed by atoms with E-state index in [0.29, 0.717) is 11.7 Å². The molecule has 0 saturated carbocycles. The minimum absolute atomic E-state index is 0.153. The molecule has 0 spiro atoms. The van der Waals surface area contributed by atoms with E-state index in [-0.39, 0.29) is 11.7 Å². The number of aryl methyl sites for hydroxylation is 1. The number of amides is 1. The van der Waals surface area contributed by atoms with Gasteiger partial charge >= 0.3 is 0 Å². The number of nitrogens with zero attached hydrogens (tertiary/aromatic N) is 2. The molecule has 2 heterocycles. The predicted molar refractivity (Wildman–Crippen MR) is 87.9 cm³/mol. The van der Waals surface area contributed by atoms with Crippen molar-refractivity contribution in [3.8, 4) is 17.0 Å². The molecule has 0 fully saturated rings. The van der Waals surface area contributed by atoms with Crippen molar-refractivity contribution in [1.29, 1.82) is 0 Å². The van der Waals surface area contributed by atoms with Crippen molar-refractivity contribution in [3.63, 3.8) is 0 Å². The van der Waals surface area contributed by atoms with Gasteiger partial charge in [-0.1, -0.05) is 5.16 Å². The van der Waals surface area contributed by atoms with Crippen LogP contribution in [0.25, 0.3) is 11.3 Å². The summed E-state index contributed by atoms with van der Waals surface area (Å²) < 4.78 is 10.3. The monoisotopic (exact) mass is 329 g/mol. The highest BCUT2D eigenvalue weighted by atomic mass is 32.1. The van der Waals surface area contributed by atoms with Crippen LogP contribution in [0.5, 0.6) is 5.75 Å². The second kappa shape index (κ2) is 6.62. The van der Waals surface area contributed by atoms with Crippen molar-refractivity contribution in [2.45, 2.75) is 13.8 Å². The predicted octanol–water partition coefficient (Wildman–Crippen LogP) is 3.76. The fraction of sp³-hybridized carbons (Fsp3) is 0.188. The van der Waals surface area contributed by atoms with Crippen LogP contribution in [0, 0.1) is 6.92 Å². The van der Waals surface area contributed by atoms with Gasteiger partial charge in [-0.05, 0) is 38.1 Å². The third kappa shape index (κ3) is 3.40. The SMILES string of the molecule is CCOc1ccc(-c2nc(NC(=O)c3ccno3)sc2C)cc1. The van der Waals surface area contributed by atoms with E-state index in [1.165, 1.54) is 23.6 Å². The second-order valence-electron chi connectivity index (χ2n) is 4.71. The van der Waals surface area contributed by atoms with Gasteiger partial charge in [0.15, 0.2) is 5.13 Å². The second-order valence-corrected chi connectivity index (χ2v) is 5.92. The molecule has 0 bridgehead atoms. The van der Waals surface area contributed by atoms with Crippen molar-refractivity contribution in [2.75, 3.05) is 11.9 Å². The molecule has 1 N–H and O–H groups in total. The van der Waals surface area contributed by atoms with Crippen LogP contribution in [0.15, 0.2) is 41.1 Å². The molecule has 3 rings (SSSR count). The van der Waals surface area contributed by atoms with Crippen molar-refractivity contribution >= 4 is 22.4 Å². The normalized spacial score (nSPS) is 10.5. The van der Waals surface area contributed by atoms with Crippen LogP contribution in [0.2, 0.25) is 0 Å². The van der Waals surface area contributed by atoms with E-state index in [0.717, 1.165) is 21.9 Å². The number of thiazole rings is 1. The molecule has 6 nitrogen and oxygen atoms in total. The first-order chi connectivity index (χ1) is 11.2. The number of hydrogen-bond donors (Lipinski definition) is 1. The van der Waals surface area contributed by atoms with Gasteiger partial charge in [-0.15, -0.1) is 11.3 Å². The van der Waals surface area contributed by atoms with Crippen LogP contribution in [0.4, 0.5) is 5.13 Å². The van der Waals surface area contributed by atoms with Crippen LogP contribution in [-0.4, -0.2) is 22.7 Å². The highest BCUT2D eigenvalue weighted by Crippen LogP contribution is 2.31. The van der Waals surface area contributed by atoms with Gasteiger partial charge < -0.3 is 9.26 Å². The van der Waals surface area contributed by atoms with Gasteiger partial charge in [0.25, 0.3) is 5.91 Å². The van der Waals surface area contributed by atoms with Gasteiger partial charge in [0, 0.05) is 16.5 Å². The average Bonchev–Trinajstić information content (AvgIpc) is 3.18. The molecule has 118 valence electrons. The molecule has 0 unspecified atom stereocenters. The summed E-state index contributed by atoms with van der Waals surface area (Å²) in [5.41, 5.74) is 1.81. The Morgan fingerprint density at radius 3 is 2.74 bits per heavy atom. The van der Waals surface area contributed by atoms with E-state index < -0.39 is 0 Å². The van der Waals surface area contributed by atoms with E-state index >= 15 is 0 Å². The van der Waals surface area contributed by atoms with Crippen LogP contribution >= 0.6 is 11.3 Å². The van der Waals surface area contributed by atoms with E-state index in [1.807, 2.05) is 38.1 Å². The molecule has 0 radical (unpaired) electrons. The van der Waals surface area contributed by atoms with Gasteiger partial charge in [0.05, 0.1) is 18.5 Å². The summed E-state index contributed by atoms with van der Waals surface area (Å²) in [5.74, 6) is 0.609. The summed E-state index contributed by atoms with van der Waals surface area (Å²) in [6, 6.07) is 9.22. The highest BCUT2D eigenvalue weighted by Gasteiger charge is 2.15. The summed E-state index contributed by atoms with van der Waals surface area (Å²) in [5, 5.41) is 6.75. The fourth-order valence-corrected chi connectivity index (χ4v) is 2.92. The highest BCUT2D eigenvalue weighted by molar-refractivity contribution is 7.16. The Hall–Kier alpha value is -2.67. The lowest BCUT2D eigenvalue weighted by Crippen LogP contribution is -2.10. The Morgan fingerprint density at radius 2 is 2.09 bits per heavy atom. The molecule has 1 aromatic carbocycles. The van der Waals surface area contributed by atoms with Crippen molar-refractivity contribution < 1.29 is 14.1 Å². The number of nitrogens with one attached hydrogen (secondary N) is 1. The Kier molecular flexibility index (Phi) is 4.38. The van der Waals surface area contributed by atoms with E-state index in [4.69, 9.17) is 9.26 Å². The smallest absolute Gasteiger partial charge is 0.296 e. The Balaban J connectivity index is 1.79. The summed E-state index contributed by atoms with van der Waals surface area (Å²) in [7, 11) is 0.